The molecule has 0 unspecified atom stereocenters. The van der Waals surface area contributed by atoms with E-state index >= 15 is 0 Å². The van der Waals surface area contributed by atoms with E-state index < -0.39 is 0 Å². The van der Waals surface area contributed by atoms with Crippen LogP contribution in [0.15, 0.2) is 109 Å². The molecule has 8 rings (SSSR count). The van der Waals surface area contributed by atoms with Gasteiger partial charge in [-0.2, -0.15) is 0 Å². The highest BCUT2D eigenvalue weighted by molar-refractivity contribution is 6.25. The molecule has 0 amide bonds. The first kappa shape index (κ1) is 17.2. The van der Waals surface area contributed by atoms with Crippen LogP contribution in [0.5, 0.6) is 11.5 Å². The number of fused-ring (bicyclic) bond motifs is 2. The Hall–Kier alpha value is -4.36. The monoisotopic (exact) mass is 418 g/mol. The average Bonchev–Trinajstić information content (AvgIpc) is 2.87. The zero-order chi connectivity index (χ0) is 21.5. The third-order valence-electron chi connectivity index (χ3n) is 7.20. The minimum Gasteiger partial charge on any atom is -0.456 e. The number of rotatable bonds is 1. The number of hydrogen-bond acceptors (Lipinski definition) is 1. The molecular formula is C32H18O. The predicted molar refractivity (Wildman–Crippen MR) is 139 cm³/mol. The Morgan fingerprint density at radius 3 is 1.91 bits per heavy atom. The Kier molecular flexibility index (Phi) is 3.19. The van der Waals surface area contributed by atoms with E-state index in [4.69, 9.17) is 4.74 Å². The molecule has 0 bridgehead atoms. The Morgan fingerprint density at radius 2 is 1.06 bits per heavy atom. The highest BCUT2D eigenvalue weighted by Gasteiger charge is 2.21. The fraction of sp³-hybridized carbons (Fsp3) is 0. The lowest BCUT2D eigenvalue weighted by molar-refractivity contribution is 0.487. The van der Waals surface area contributed by atoms with Gasteiger partial charge in [0.05, 0.1) is 0 Å². The van der Waals surface area contributed by atoms with Crippen LogP contribution >= 0.6 is 0 Å². The van der Waals surface area contributed by atoms with Crippen molar-refractivity contribution in [3.05, 3.63) is 109 Å². The molecule has 1 heteroatoms. The molecule has 1 aliphatic rings. The molecule has 0 aromatic heterocycles. The van der Waals surface area contributed by atoms with E-state index in [0.717, 1.165) is 17.1 Å². The minimum atomic E-state index is 0.919. The summed E-state index contributed by atoms with van der Waals surface area (Å²) >= 11 is 0. The molecule has 33 heavy (non-hydrogen) atoms. The van der Waals surface area contributed by atoms with E-state index in [9.17, 15) is 0 Å². The molecular weight excluding hydrogens is 400 g/mol. The summed E-state index contributed by atoms with van der Waals surface area (Å²) < 4.78 is 6.32. The molecule has 0 N–H and O–H groups in total. The van der Waals surface area contributed by atoms with Crippen molar-refractivity contribution in [2.45, 2.75) is 0 Å². The Labute approximate surface area is 190 Å². The molecule has 1 heterocycles. The van der Waals surface area contributed by atoms with Gasteiger partial charge >= 0.3 is 0 Å². The summed E-state index contributed by atoms with van der Waals surface area (Å²) in [4.78, 5) is 0. The molecule has 7 aromatic rings. The topological polar surface area (TPSA) is 9.23 Å². The Bertz CT molecular complexity index is 1870. The van der Waals surface area contributed by atoms with E-state index in [1.165, 1.54) is 59.8 Å². The largest absolute Gasteiger partial charge is 0.456 e. The van der Waals surface area contributed by atoms with Gasteiger partial charge in [0.15, 0.2) is 0 Å². The molecule has 0 spiro atoms. The summed E-state index contributed by atoms with van der Waals surface area (Å²) in [7, 11) is 0. The summed E-state index contributed by atoms with van der Waals surface area (Å²) in [5.74, 6) is 1.86. The van der Waals surface area contributed by atoms with Gasteiger partial charge in [-0.15, -0.1) is 0 Å². The summed E-state index contributed by atoms with van der Waals surface area (Å²) in [5.41, 5.74) is 4.87. The minimum absolute atomic E-state index is 0.919. The van der Waals surface area contributed by atoms with Crippen molar-refractivity contribution in [1.29, 1.82) is 0 Å². The van der Waals surface area contributed by atoms with E-state index in [1.54, 1.807) is 0 Å². The van der Waals surface area contributed by atoms with Crippen LogP contribution in [-0.2, 0) is 0 Å². The zero-order valence-corrected chi connectivity index (χ0v) is 17.8. The quantitative estimate of drug-likeness (QED) is 0.241. The van der Waals surface area contributed by atoms with Crippen molar-refractivity contribution in [3.63, 3.8) is 0 Å². The fourth-order valence-corrected chi connectivity index (χ4v) is 5.72. The second-order valence-electron chi connectivity index (χ2n) is 8.94. The first-order valence-corrected chi connectivity index (χ1v) is 11.4. The van der Waals surface area contributed by atoms with E-state index in [-0.39, 0.29) is 0 Å². The SMILES string of the molecule is c1cc2c3c(cccc3c1)-c1cc(-c3ccc4ccc5cccc6ccc3c4c56)ccc1O2. The van der Waals surface area contributed by atoms with Gasteiger partial charge in [-0.3, -0.25) is 0 Å². The molecule has 1 nitrogen and oxygen atoms in total. The highest BCUT2D eigenvalue weighted by Crippen LogP contribution is 2.48. The van der Waals surface area contributed by atoms with Gasteiger partial charge in [0.25, 0.3) is 0 Å². The van der Waals surface area contributed by atoms with Crippen LogP contribution in [0.4, 0.5) is 0 Å². The predicted octanol–water partition coefficient (Wildman–Crippen LogP) is 9.18. The first-order chi connectivity index (χ1) is 16.3. The van der Waals surface area contributed by atoms with Crippen LogP contribution in [0.2, 0.25) is 0 Å². The third-order valence-corrected chi connectivity index (χ3v) is 7.20. The summed E-state index contributed by atoms with van der Waals surface area (Å²) in [6.45, 7) is 0. The van der Waals surface area contributed by atoms with Crippen molar-refractivity contribution in [2.75, 3.05) is 0 Å². The van der Waals surface area contributed by atoms with Crippen LogP contribution in [-0.4, -0.2) is 0 Å². The third kappa shape index (κ3) is 2.26. The molecule has 0 saturated carbocycles. The van der Waals surface area contributed by atoms with Gasteiger partial charge in [0.1, 0.15) is 11.5 Å². The van der Waals surface area contributed by atoms with Gasteiger partial charge in [-0.05, 0) is 72.6 Å². The van der Waals surface area contributed by atoms with Crippen LogP contribution in [0.3, 0.4) is 0 Å². The first-order valence-electron chi connectivity index (χ1n) is 11.4. The Balaban J connectivity index is 1.43. The van der Waals surface area contributed by atoms with Crippen molar-refractivity contribution in [1.82, 2.24) is 0 Å². The maximum Gasteiger partial charge on any atom is 0.135 e. The normalized spacial score (nSPS) is 12.5. The second kappa shape index (κ2) is 6.11. The Morgan fingerprint density at radius 1 is 0.394 bits per heavy atom. The highest BCUT2D eigenvalue weighted by atomic mass is 16.5. The maximum absolute atomic E-state index is 6.32. The van der Waals surface area contributed by atoms with Crippen molar-refractivity contribution in [3.8, 4) is 33.8 Å². The van der Waals surface area contributed by atoms with Crippen LogP contribution in [0, 0.1) is 0 Å². The lowest BCUT2D eigenvalue weighted by Gasteiger charge is -2.22. The van der Waals surface area contributed by atoms with Crippen molar-refractivity contribution >= 4 is 43.1 Å². The maximum atomic E-state index is 6.32. The lowest BCUT2D eigenvalue weighted by atomic mass is 9.88. The molecule has 0 fully saturated rings. The van der Waals surface area contributed by atoms with Crippen LogP contribution in [0.25, 0.3) is 65.3 Å². The van der Waals surface area contributed by atoms with E-state index in [2.05, 4.69) is 109 Å². The molecule has 0 aliphatic carbocycles. The lowest BCUT2D eigenvalue weighted by Crippen LogP contribution is -1.97. The number of ether oxygens (including phenoxy) is 1. The number of hydrogen-bond donors (Lipinski definition) is 0. The van der Waals surface area contributed by atoms with Gasteiger partial charge in [-0.25, -0.2) is 0 Å². The smallest absolute Gasteiger partial charge is 0.135 e. The van der Waals surface area contributed by atoms with Crippen LogP contribution in [0.1, 0.15) is 0 Å². The van der Waals surface area contributed by atoms with Gasteiger partial charge in [-0.1, -0.05) is 91.0 Å². The number of benzene rings is 7. The second-order valence-corrected chi connectivity index (χ2v) is 8.94. The summed E-state index contributed by atoms with van der Waals surface area (Å²) in [6, 6.07) is 39.5. The molecule has 0 radical (unpaired) electrons. The van der Waals surface area contributed by atoms with Gasteiger partial charge in [0.2, 0.25) is 0 Å². The molecule has 1 aliphatic heterocycles. The van der Waals surface area contributed by atoms with Gasteiger partial charge in [0, 0.05) is 10.9 Å². The average molecular weight is 418 g/mol. The molecule has 0 saturated heterocycles. The summed E-state index contributed by atoms with van der Waals surface area (Å²) in [6.07, 6.45) is 0. The fourth-order valence-electron chi connectivity index (χ4n) is 5.72. The van der Waals surface area contributed by atoms with Crippen LogP contribution < -0.4 is 4.74 Å². The molecule has 0 atom stereocenters. The van der Waals surface area contributed by atoms with E-state index in [0.29, 0.717) is 0 Å². The zero-order valence-electron chi connectivity index (χ0n) is 17.8. The van der Waals surface area contributed by atoms with Gasteiger partial charge < -0.3 is 4.74 Å². The standard InChI is InChI=1S/C32H18O/c1-4-20-10-11-22-12-15-24(26-16-13-21(5-1)30(20)32(22)26)23-14-17-28-27(18-23)25-8-2-6-19-7-3-9-29(33-28)31(19)25/h1-18H. The molecule has 152 valence electrons. The van der Waals surface area contributed by atoms with Crippen molar-refractivity contribution < 1.29 is 4.74 Å². The molecule has 7 aromatic carbocycles. The summed E-state index contributed by atoms with van der Waals surface area (Å²) in [5, 5.41) is 10.3. The van der Waals surface area contributed by atoms with Crippen molar-refractivity contribution in [2.24, 2.45) is 0 Å². The van der Waals surface area contributed by atoms with E-state index in [1.807, 2.05) is 0 Å².